The predicted octanol–water partition coefficient (Wildman–Crippen LogP) is 1.79. The number of nitrogens with zero attached hydrogens (tertiary/aromatic N) is 1. The summed E-state index contributed by atoms with van der Waals surface area (Å²) < 4.78 is 5.41. The summed E-state index contributed by atoms with van der Waals surface area (Å²) in [6, 6.07) is 8.48. The van der Waals surface area contributed by atoms with Gasteiger partial charge in [-0.15, -0.1) is 0 Å². The van der Waals surface area contributed by atoms with Gasteiger partial charge in [-0.1, -0.05) is 18.2 Å². The number of rotatable bonds is 4. The molecule has 0 aromatic heterocycles. The van der Waals surface area contributed by atoms with E-state index in [2.05, 4.69) is 17.0 Å². The third kappa shape index (κ3) is 2.20. The monoisotopic (exact) mass is 220 g/mol. The van der Waals surface area contributed by atoms with Crippen LogP contribution in [0.3, 0.4) is 0 Å². The number of methoxy groups -OCH3 is 1. The molecular formula is C13H20N2O. The van der Waals surface area contributed by atoms with Crippen LogP contribution in [0.1, 0.15) is 24.4 Å². The number of hydrogen-bond acceptors (Lipinski definition) is 3. The first-order valence-corrected chi connectivity index (χ1v) is 5.94. The fraction of sp³-hybridized carbons (Fsp3) is 0.538. The van der Waals surface area contributed by atoms with Crippen LogP contribution in [-0.4, -0.2) is 31.6 Å². The molecule has 2 rings (SSSR count). The highest BCUT2D eigenvalue weighted by Crippen LogP contribution is 2.30. The van der Waals surface area contributed by atoms with Crippen molar-refractivity contribution in [2.24, 2.45) is 5.73 Å². The van der Waals surface area contributed by atoms with Crippen molar-refractivity contribution in [3.63, 3.8) is 0 Å². The Kier molecular flexibility index (Phi) is 3.80. The van der Waals surface area contributed by atoms with Crippen molar-refractivity contribution in [1.29, 1.82) is 0 Å². The van der Waals surface area contributed by atoms with Crippen LogP contribution in [0.25, 0.3) is 0 Å². The standard InChI is InChI=1S/C13H20N2O/c1-16-13-7-3-2-6-11(13)12(10-14)15-8-4-5-9-15/h2-3,6-7,12H,4-5,8-10,14H2,1H3. The molecule has 1 aromatic rings. The van der Waals surface area contributed by atoms with E-state index in [-0.39, 0.29) is 0 Å². The molecule has 1 unspecified atom stereocenters. The Morgan fingerprint density at radius 3 is 2.62 bits per heavy atom. The number of para-hydroxylation sites is 1. The van der Waals surface area contributed by atoms with Gasteiger partial charge in [0.1, 0.15) is 5.75 Å². The molecule has 0 radical (unpaired) electrons. The summed E-state index contributed by atoms with van der Waals surface area (Å²) in [7, 11) is 1.72. The Bertz CT molecular complexity index is 334. The van der Waals surface area contributed by atoms with E-state index in [4.69, 9.17) is 10.5 Å². The lowest BCUT2D eigenvalue weighted by Crippen LogP contribution is -2.31. The summed E-state index contributed by atoms with van der Waals surface area (Å²) in [6.45, 7) is 2.96. The molecule has 1 saturated heterocycles. The van der Waals surface area contributed by atoms with Crippen LogP contribution >= 0.6 is 0 Å². The van der Waals surface area contributed by atoms with E-state index in [1.165, 1.54) is 18.4 Å². The molecule has 0 aliphatic carbocycles. The van der Waals surface area contributed by atoms with E-state index < -0.39 is 0 Å². The van der Waals surface area contributed by atoms with Crippen molar-refractivity contribution in [2.75, 3.05) is 26.7 Å². The van der Waals surface area contributed by atoms with Gasteiger partial charge in [0.05, 0.1) is 13.2 Å². The molecule has 3 nitrogen and oxygen atoms in total. The fourth-order valence-electron chi connectivity index (χ4n) is 2.47. The molecule has 0 spiro atoms. The van der Waals surface area contributed by atoms with Crippen LogP contribution in [0, 0.1) is 0 Å². The third-order valence-electron chi connectivity index (χ3n) is 3.30. The van der Waals surface area contributed by atoms with Gasteiger partial charge in [0.25, 0.3) is 0 Å². The summed E-state index contributed by atoms with van der Waals surface area (Å²) in [4.78, 5) is 2.46. The van der Waals surface area contributed by atoms with Crippen molar-refractivity contribution >= 4 is 0 Å². The van der Waals surface area contributed by atoms with Gasteiger partial charge >= 0.3 is 0 Å². The highest BCUT2D eigenvalue weighted by Gasteiger charge is 2.24. The summed E-state index contributed by atoms with van der Waals surface area (Å²) >= 11 is 0. The van der Waals surface area contributed by atoms with Crippen LogP contribution in [0.2, 0.25) is 0 Å². The lowest BCUT2D eigenvalue weighted by molar-refractivity contribution is 0.245. The Morgan fingerprint density at radius 2 is 2.00 bits per heavy atom. The molecule has 1 aromatic carbocycles. The highest BCUT2D eigenvalue weighted by molar-refractivity contribution is 5.36. The zero-order chi connectivity index (χ0) is 11.4. The minimum Gasteiger partial charge on any atom is -0.496 e. The maximum atomic E-state index is 5.91. The fourth-order valence-corrected chi connectivity index (χ4v) is 2.47. The maximum Gasteiger partial charge on any atom is 0.123 e. The first-order valence-electron chi connectivity index (χ1n) is 5.94. The third-order valence-corrected chi connectivity index (χ3v) is 3.30. The van der Waals surface area contributed by atoms with Crippen LogP contribution in [0.4, 0.5) is 0 Å². The summed E-state index contributed by atoms with van der Waals surface area (Å²) in [5, 5.41) is 0. The zero-order valence-electron chi connectivity index (χ0n) is 9.86. The topological polar surface area (TPSA) is 38.5 Å². The Labute approximate surface area is 97.2 Å². The van der Waals surface area contributed by atoms with Crippen LogP contribution in [0.5, 0.6) is 5.75 Å². The van der Waals surface area contributed by atoms with Crippen molar-refractivity contribution in [1.82, 2.24) is 4.90 Å². The first kappa shape index (κ1) is 11.4. The van der Waals surface area contributed by atoms with Crippen LogP contribution in [0.15, 0.2) is 24.3 Å². The molecule has 3 heteroatoms. The number of nitrogens with two attached hydrogens (primary N) is 1. The van der Waals surface area contributed by atoms with Crippen LogP contribution in [-0.2, 0) is 0 Å². The van der Waals surface area contributed by atoms with E-state index in [1.807, 2.05) is 12.1 Å². The van der Waals surface area contributed by atoms with Gasteiger partial charge in [-0.2, -0.15) is 0 Å². The zero-order valence-corrected chi connectivity index (χ0v) is 9.86. The van der Waals surface area contributed by atoms with Gasteiger partial charge in [0.2, 0.25) is 0 Å². The molecule has 16 heavy (non-hydrogen) atoms. The second-order valence-electron chi connectivity index (χ2n) is 4.24. The summed E-state index contributed by atoms with van der Waals surface area (Å²) in [5.41, 5.74) is 7.13. The van der Waals surface area contributed by atoms with E-state index >= 15 is 0 Å². The number of hydrogen-bond donors (Lipinski definition) is 1. The number of ether oxygens (including phenoxy) is 1. The molecular weight excluding hydrogens is 200 g/mol. The predicted molar refractivity (Wildman–Crippen MR) is 65.6 cm³/mol. The van der Waals surface area contributed by atoms with Gasteiger partial charge in [0, 0.05) is 12.1 Å². The smallest absolute Gasteiger partial charge is 0.123 e. The van der Waals surface area contributed by atoms with Gasteiger partial charge in [-0.3, -0.25) is 4.90 Å². The summed E-state index contributed by atoms with van der Waals surface area (Å²) in [5.74, 6) is 0.949. The Morgan fingerprint density at radius 1 is 1.31 bits per heavy atom. The molecule has 1 aliphatic rings. The molecule has 0 saturated carbocycles. The summed E-state index contributed by atoms with van der Waals surface area (Å²) in [6.07, 6.45) is 2.57. The van der Waals surface area contributed by atoms with Gasteiger partial charge < -0.3 is 10.5 Å². The van der Waals surface area contributed by atoms with E-state index in [1.54, 1.807) is 7.11 Å². The minimum atomic E-state index is 0.304. The minimum absolute atomic E-state index is 0.304. The van der Waals surface area contributed by atoms with Crippen LogP contribution < -0.4 is 10.5 Å². The quantitative estimate of drug-likeness (QED) is 0.840. The highest BCUT2D eigenvalue weighted by atomic mass is 16.5. The first-order chi connectivity index (χ1) is 7.86. The van der Waals surface area contributed by atoms with Gasteiger partial charge in [-0.05, 0) is 32.0 Å². The number of benzene rings is 1. The van der Waals surface area contributed by atoms with E-state index in [9.17, 15) is 0 Å². The average Bonchev–Trinajstić information content (AvgIpc) is 2.84. The molecule has 1 aliphatic heterocycles. The molecule has 88 valence electrons. The second-order valence-corrected chi connectivity index (χ2v) is 4.24. The van der Waals surface area contributed by atoms with Gasteiger partial charge in [-0.25, -0.2) is 0 Å². The normalized spacial score (nSPS) is 18.6. The SMILES string of the molecule is COc1ccccc1C(CN)N1CCCC1. The van der Waals surface area contributed by atoms with Crippen molar-refractivity contribution in [2.45, 2.75) is 18.9 Å². The lowest BCUT2D eigenvalue weighted by atomic mass is 10.0. The maximum absolute atomic E-state index is 5.91. The molecule has 1 fully saturated rings. The average molecular weight is 220 g/mol. The second kappa shape index (κ2) is 5.32. The molecule has 1 heterocycles. The molecule has 0 bridgehead atoms. The Hall–Kier alpha value is -1.06. The largest absolute Gasteiger partial charge is 0.496 e. The van der Waals surface area contributed by atoms with Crippen molar-refractivity contribution in [3.8, 4) is 5.75 Å². The van der Waals surface area contributed by atoms with E-state index in [0.717, 1.165) is 18.8 Å². The lowest BCUT2D eigenvalue weighted by Gasteiger charge is -2.27. The van der Waals surface area contributed by atoms with Crippen molar-refractivity contribution < 1.29 is 4.74 Å². The Balaban J connectivity index is 2.24. The molecule has 1 atom stereocenters. The van der Waals surface area contributed by atoms with E-state index in [0.29, 0.717) is 12.6 Å². The molecule has 0 amide bonds. The molecule has 2 N–H and O–H groups in total. The number of likely N-dealkylation sites (tertiary alicyclic amines) is 1. The van der Waals surface area contributed by atoms with Gasteiger partial charge in [0.15, 0.2) is 0 Å². The van der Waals surface area contributed by atoms with Crippen molar-refractivity contribution in [3.05, 3.63) is 29.8 Å².